The molecule has 2 aromatic carbocycles. The summed E-state index contributed by atoms with van der Waals surface area (Å²) in [5, 5.41) is 0.728. The van der Waals surface area contributed by atoms with Gasteiger partial charge in [-0.2, -0.15) is 0 Å². The highest BCUT2D eigenvalue weighted by Gasteiger charge is 2.04. The molecule has 0 aliphatic heterocycles. The molecule has 114 valence electrons. The second kappa shape index (κ2) is 6.27. The highest BCUT2D eigenvalue weighted by Crippen LogP contribution is 2.19. The molecule has 0 amide bonds. The number of halogens is 1. The summed E-state index contributed by atoms with van der Waals surface area (Å²) in [5.41, 5.74) is 0.537. The van der Waals surface area contributed by atoms with Crippen LogP contribution in [0, 0.1) is 5.82 Å². The molecule has 3 rings (SSSR count). The lowest BCUT2D eigenvalue weighted by Crippen LogP contribution is -2.03. The molecular weight excluding hydrogens is 299 g/mol. The molecule has 0 aliphatic carbocycles. The van der Waals surface area contributed by atoms with Crippen LogP contribution in [0.1, 0.15) is 5.56 Å². The van der Waals surface area contributed by atoms with E-state index in [1.54, 1.807) is 30.3 Å². The number of rotatable bonds is 3. The van der Waals surface area contributed by atoms with Crippen LogP contribution >= 0.6 is 0 Å². The lowest BCUT2D eigenvalue weighted by molar-refractivity contribution is -0.128. The van der Waals surface area contributed by atoms with Gasteiger partial charge in [0, 0.05) is 23.6 Å². The molecule has 5 heteroatoms. The van der Waals surface area contributed by atoms with Crippen molar-refractivity contribution in [3.8, 4) is 5.75 Å². The smallest absolute Gasteiger partial charge is 0.336 e. The molecule has 0 atom stereocenters. The van der Waals surface area contributed by atoms with E-state index in [9.17, 15) is 14.0 Å². The third-order valence-electron chi connectivity index (χ3n) is 3.09. The first-order valence-corrected chi connectivity index (χ1v) is 6.79. The molecule has 3 aromatic rings. The third-order valence-corrected chi connectivity index (χ3v) is 3.09. The number of benzene rings is 2. The molecule has 0 spiro atoms. The maximum absolute atomic E-state index is 12.8. The lowest BCUT2D eigenvalue weighted by Gasteiger charge is -2.02. The summed E-state index contributed by atoms with van der Waals surface area (Å²) < 4.78 is 23.0. The zero-order chi connectivity index (χ0) is 16.2. The van der Waals surface area contributed by atoms with Gasteiger partial charge in [-0.25, -0.2) is 14.0 Å². The van der Waals surface area contributed by atoms with Gasteiger partial charge in [-0.05, 0) is 42.0 Å². The summed E-state index contributed by atoms with van der Waals surface area (Å²) in [4.78, 5) is 23.0. The summed E-state index contributed by atoms with van der Waals surface area (Å²) in [7, 11) is 0. The number of hydrogen-bond acceptors (Lipinski definition) is 4. The predicted octanol–water partition coefficient (Wildman–Crippen LogP) is 3.55. The molecule has 0 fully saturated rings. The Kier molecular flexibility index (Phi) is 4.01. The summed E-state index contributed by atoms with van der Waals surface area (Å²) in [6, 6.07) is 13.4. The highest BCUT2D eigenvalue weighted by atomic mass is 19.1. The molecule has 0 aliphatic rings. The van der Waals surface area contributed by atoms with E-state index < -0.39 is 11.6 Å². The van der Waals surface area contributed by atoms with Crippen LogP contribution in [0.15, 0.2) is 69.9 Å². The minimum atomic E-state index is -0.591. The van der Waals surface area contributed by atoms with Crippen molar-refractivity contribution in [3.05, 3.63) is 82.5 Å². The molecule has 23 heavy (non-hydrogen) atoms. The van der Waals surface area contributed by atoms with Gasteiger partial charge < -0.3 is 9.15 Å². The number of ether oxygens (including phenoxy) is 1. The summed E-state index contributed by atoms with van der Waals surface area (Å²) in [6.07, 6.45) is 2.75. The first-order chi connectivity index (χ1) is 11.1. The van der Waals surface area contributed by atoms with E-state index in [4.69, 9.17) is 9.15 Å². The minimum absolute atomic E-state index is 0.264. The van der Waals surface area contributed by atoms with Gasteiger partial charge in [0.2, 0.25) is 0 Å². The minimum Gasteiger partial charge on any atom is -0.423 e. The zero-order valence-corrected chi connectivity index (χ0v) is 11.9. The van der Waals surface area contributed by atoms with Crippen molar-refractivity contribution in [1.29, 1.82) is 0 Å². The van der Waals surface area contributed by atoms with Crippen molar-refractivity contribution in [2.24, 2.45) is 0 Å². The van der Waals surface area contributed by atoms with Crippen LogP contribution < -0.4 is 10.4 Å². The van der Waals surface area contributed by atoms with Crippen LogP contribution in [0.3, 0.4) is 0 Å². The Hall–Kier alpha value is -3.21. The molecule has 0 N–H and O–H groups in total. The average molecular weight is 310 g/mol. The second-order valence-corrected chi connectivity index (χ2v) is 4.76. The summed E-state index contributed by atoms with van der Waals surface area (Å²) in [5.74, 6) is -0.671. The van der Waals surface area contributed by atoms with E-state index in [-0.39, 0.29) is 11.6 Å². The molecule has 0 saturated carbocycles. The first kappa shape index (κ1) is 14.7. The molecule has 0 bridgehead atoms. The van der Waals surface area contributed by atoms with Crippen molar-refractivity contribution in [1.82, 2.24) is 0 Å². The fraction of sp³-hybridized carbons (Fsp3) is 0. The molecule has 4 nitrogen and oxygen atoms in total. The van der Waals surface area contributed by atoms with Gasteiger partial charge in [0.05, 0.1) is 0 Å². The number of fused-ring (bicyclic) bond motifs is 1. The zero-order valence-electron chi connectivity index (χ0n) is 11.9. The summed E-state index contributed by atoms with van der Waals surface area (Å²) in [6.45, 7) is 0. The molecule has 0 radical (unpaired) electrons. The fourth-order valence-corrected chi connectivity index (χ4v) is 1.99. The Morgan fingerprint density at radius 1 is 1.04 bits per heavy atom. The van der Waals surface area contributed by atoms with Crippen molar-refractivity contribution in [2.75, 3.05) is 0 Å². The third kappa shape index (κ3) is 3.71. The van der Waals surface area contributed by atoms with Crippen molar-refractivity contribution in [3.63, 3.8) is 0 Å². The molecule has 0 unspecified atom stereocenters. The highest BCUT2D eigenvalue weighted by molar-refractivity contribution is 5.89. The topological polar surface area (TPSA) is 56.5 Å². The van der Waals surface area contributed by atoms with Gasteiger partial charge in [-0.3, -0.25) is 0 Å². The second-order valence-electron chi connectivity index (χ2n) is 4.76. The van der Waals surface area contributed by atoms with E-state index in [1.807, 2.05) is 0 Å². The number of hydrogen-bond donors (Lipinski definition) is 0. The Bertz CT molecular complexity index is 939. The molecule has 1 heterocycles. The largest absolute Gasteiger partial charge is 0.423 e. The number of carbonyl (C=O) groups excluding carboxylic acids is 1. The molecular formula is C18H11FO4. The SMILES string of the molecule is O=C(/C=C/c1ccc(F)cc1)Oc1ccc2ccc(=O)oc2c1. The predicted molar refractivity (Wildman–Crippen MR) is 83.6 cm³/mol. The Morgan fingerprint density at radius 2 is 1.78 bits per heavy atom. The standard InChI is InChI=1S/C18H11FO4/c19-14-6-1-12(2-7-14)3-9-17(20)22-15-8-4-13-5-10-18(21)23-16(13)11-15/h1-11H/b9-3+. The Labute approximate surface area is 130 Å². The van der Waals surface area contributed by atoms with Crippen molar-refractivity contribution < 1.29 is 18.3 Å². The molecule has 1 aromatic heterocycles. The summed E-state index contributed by atoms with van der Waals surface area (Å²) >= 11 is 0. The monoisotopic (exact) mass is 310 g/mol. The van der Waals surface area contributed by atoms with Crippen LogP contribution in [0.2, 0.25) is 0 Å². The van der Waals surface area contributed by atoms with Gasteiger partial charge in [0.15, 0.2) is 0 Å². The Balaban J connectivity index is 1.74. The van der Waals surface area contributed by atoms with Gasteiger partial charge in [-0.15, -0.1) is 0 Å². The van der Waals surface area contributed by atoms with E-state index in [1.165, 1.54) is 36.4 Å². The average Bonchev–Trinajstić information content (AvgIpc) is 2.54. The number of carbonyl (C=O) groups is 1. The van der Waals surface area contributed by atoms with Gasteiger partial charge >= 0.3 is 11.6 Å². The Morgan fingerprint density at radius 3 is 2.57 bits per heavy atom. The van der Waals surface area contributed by atoms with Crippen LogP contribution in [0.25, 0.3) is 17.0 Å². The van der Waals surface area contributed by atoms with Crippen LogP contribution in [0.4, 0.5) is 4.39 Å². The van der Waals surface area contributed by atoms with Crippen LogP contribution in [-0.4, -0.2) is 5.97 Å². The fourth-order valence-electron chi connectivity index (χ4n) is 1.99. The van der Waals surface area contributed by atoms with E-state index >= 15 is 0 Å². The van der Waals surface area contributed by atoms with Crippen molar-refractivity contribution >= 4 is 23.0 Å². The maximum Gasteiger partial charge on any atom is 0.336 e. The van der Waals surface area contributed by atoms with Gasteiger partial charge in [-0.1, -0.05) is 12.1 Å². The van der Waals surface area contributed by atoms with Crippen molar-refractivity contribution in [2.45, 2.75) is 0 Å². The van der Waals surface area contributed by atoms with E-state index in [2.05, 4.69) is 0 Å². The normalized spacial score (nSPS) is 11.0. The van der Waals surface area contributed by atoms with E-state index in [0.717, 1.165) is 5.39 Å². The van der Waals surface area contributed by atoms with Gasteiger partial charge in [0.25, 0.3) is 0 Å². The van der Waals surface area contributed by atoms with Crippen LogP contribution in [-0.2, 0) is 4.79 Å². The number of esters is 1. The first-order valence-electron chi connectivity index (χ1n) is 6.79. The van der Waals surface area contributed by atoms with Crippen LogP contribution in [0.5, 0.6) is 5.75 Å². The van der Waals surface area contributed by atoms with E-state index in [0.29, 0.717) is 11.1 Å². The lowest BCUT2D eigenvalue weighted by atomic mass is 10.2. The molecule has 0 saturated heterocycles. The maximum atomic E-state index is 12.8. The quantitative estimate of drug-likeness (QED) is 0.321. The van der Waals surface area contributed by atoms with Gasteiger partial charge in [0.1, 0.15) is 17.1 Å².